The monoisotopic (exact) mass is 321 g/mol. The van der Waals surface area contributed by atoms with E-state index in [2.05, 4.69) is 10.4 Å². The van der Waals surface area contributed by atoms with Gasteiger partial charge in [-0.2, -0.15) is 5.10 Å². The molecule has 1 amide bonds. The standard InChI is InChI=1S/C17H27N3O3/c1-10(2)8-13(16(22)23)18-15(21)12-9-14(11-6-7-11)20(19-12)17(3,4)5/h9-11,13H,6-8H2,1-5H3,(H,18,21)(H,22,23)/t13-/m0/s1. The molecule has 0 unspecified atom stereocenters. The summed E-state index contributed by atoms with van der Waals surface area (Å²) in [7, 11) is 0. The van der Waals surface area contributed by atoms with Gasteiger partial charge < -0.3 is 10.4 Å². The number of nitrogens with zero attached hydrogens (tertiary/aromatic N) is 2. The summed E-state index contributed by atoms with van der Waals surface area (Å²) in [4.78, 5) is 23.7. The molecule has 1 aromatic heterocycles. The Bertz CT molecular complexity index is 595. The van der Waals surface area contributed by atoms with Crippen LogP contribution in [0.2, 0.25) is 0 Å². The van der Waals surface area contributed by atoms with E-state index in [-0.39, 0.29) is 11.5 Å². The zero-order valence-electron chi connectivity index (χ0n) is 14.6. The minimum absolute atomic E-state index is 0.186. The van der Waals surface area contributed by atoms with Crippen molar-refractivity contribution in [1.82, 2.24) is 15.1 Å². The van der Waals surface area contributed by atoms with Gasteiger partial charge in [-0.15, -0.1) is 0 Å². The van der Waals surface area contributed by atoms with E-state index in [4.69, 9.17) is 0 Å². The number of carbonyl (C=O) groups is 2. The average molecular weight is 321 g/mol. The van der Waals surface area contributed by atoms with Gasteiger partial charge in [0.25, 0.3) is 5.91 Å². The fourth-order valence-electron chi connectivity index (χ4n) is 2.64. The van der Waals surface area contributed by atoms with Crippen LogP contribution in [-0.4, -0.2) is 32.8 Å². The minimum atomic E-state index is -1.01. The molecule has 1 saturated carbocycles. The van der Waals surface area contributed by atoms with E-state index in [9.17, 15) is 14.7 Å². The Morgan fingerprint density at radius 2 is 2.00 bits per heavy atom. The topological polar surface area (TPSA) is 84.2 Å². The Labute approximate surface area is 137 Å². The number of aromatic nitrogens is 2. The molecule has 2 rings (SSSR count). The van der Waals surface area contributed by atoms with Crippen LogP contribution in [0.4, 0.5) is 0 Å². The maximum Gasteiger partial charge on any atom is 0.326 e. The van der Waals surface area contributed by atoms with Crippen LogP contribution in [0.3, 0.4) is 0 Å². The van der Waals surface area contributed by atoms with Crippen molar-refractivity contribution in [3.63, 3.8) is 0 Å². The van der Waals surface area contributed by atoms with Crippen molar-refractivity contribution >= 4 is 11.9 Å². The number of carboxylic acid groups (broad SMARTS) is 1. The van der Waals surface area contributed by atoms with Crippen molar-refractivity contribution in [2.75, 3.05) is 0 Å². The summed E-state index contributed by atoms with van der Waals surface area (Å²) >= 11 is 0. The lowest BCUT2D eigenvalue weighted by molar-refractivity contribution is -0.139. The molecule has 0 aromatic carbocycles. The van der Waals surface area contributed by atoms with Crippen LogP contribution in [0.15, 0.2) is 6.07 Å². The maximum absolute atomic E-state index is 12.4. The van der Waals surface area contributed by atoms with E-state index >= 15 is 0 Å². The quantitative estimate of drug-likeness (QED) is 0.844. The molecule has 1 aliphatic carbocycles. The van der Waals surface area contributed by atoms with Gasteiger partial charge in [-0.1, -0.05) is 13.8 Å². The number of hydrogen-bond donors (Lipinski definition) is 2. The Balaban J connectivity index is 2.20. The van der Waals surface area contributed by atoms with Crippen LogP contribution in [0.25, 0.3) is 0 Å². The lowest BCUT2D eigenvalue weighted by atomic mass is 10.0. The van der Waals surface area contributed by atoms with Gasteiger partial charge in [-0.3, -0.25) is 9.48 Å². The van der Waals surface area contributed by atoms with E-state index in [1.807, 2.05) is 45.4 Å². The van der Waals surface area contributed by atoms with Gasteiger partial charge >= 0.3 is 5.97 Å². The molecule has 1 aliphatic rings. The molecule has 0 spiro atoms. The first-order valence-corrected chi connectivity index (χ1v) is 8.23. The van der Waals surface area contributed by atoms with E-state index < -0.39 is 17.9 Å². The molecule has 6 heteroatoms. The zero-order chi connectivity index (χ0) is 17.4. The molecule has 1 fully saturated rings. The molecule has 0 radical (unpaired) electrons. The fraction of sp³-hybridized carbons (Fsp3) is 0.706. The van der Waals surface area contributed by atoms with Gasteiger partial charge in [0.15, 0.2) is 0 Å². The molecule has 0 saturated heterocycles. The third kappa shape index (κ3) is 4.33. The summed E-state index contributed by atoms with van der Waals surface area (Å²) in [6, 6.07) is 0.929. The summed E-state index contributed by atoms with van der Waals surface area (Å²) in [6.07, 6.45) is 2.64. The molecule has 0 bridgehead atoms. The van der Waals surface area contributed by atoms with E-state index in [1.54, 1.807) is 0 Å². The molecular weight excluding hydrogens is 294 g/mol. The third-order valence-electron chi connectivity index (χ3n) is 3.91. The van der Waals surface area contributed by atoms with Crippen molar-refractivity contribution in [1.29, 1.82) is 0 Å². The fourth-order valence-corrected chi connectivity index (χ4v) is 2.64. The number of amides is 1. The Morgan fingerprint density at radius 3 is 2.43 bits per heavy atom. The first kappa shape index (κ1) is 17.5. The molecule has 128 valence electrons. The average Bonchev–Trinajstić information content (AvgIpc) is 3.14. The first-order chi connectivity index (χ1) is 10.6. The van der Waals surface area contributed by atoms with E-state index in [1.165, 1.54) is 0 Å². The number of carbonyl (C=O) groups excluding carboxylic acids is 1. The molecule has 1 atom stereocenters. The van der Waals surface area contributed by atoms with Crippen LogP contribution >= 0.6 is 0 Å². The summed E-state index contributed by atoms with van der Waals surface area (Å²) in [5.41, 5.74) is 1.16. The molecule has 0 aliphatic heterocycles. The van der Waals surface area contributed by atoms with Crippen molar-refractivity contribution in [3.8, 4) is 0 Å². The van der Waals surface area contributed by atoms with Gasteiger partial charge in [0.1, 0.15) is 11.7 Å². The molecule has 1 heterocycles. The number of carboxylic acids is 1. The number of aliphatic carboxylic acids is 1. The second-order valence-corrected chi connectivity index (χ2v) is 7.81. The first-order valence-electron chi connectivity index (χ1n) is 8.23. The summed E-state index contributed by atoms with van der Waals surface area (Å²) in [6.45, 7) is 10.0. The lowest BCUT2D eigenvalue weighted by Crippen LogP contribution is -2.41. The van der Waals surface area contributed by atoms with Crippen molar-refractivity contribution in [3.05, 3.63) is 17.5 Å². The Kier molecular flexibility index (Phi) is 4.82. The summed E-state index contributed by atoms with van der Waals surface area (Å²) in [5, 5.41) is 16.3. The number of hydrogen-bond acceptors (Lipinski definition) is 3. The van der Waals surface area contributed by atoms with Gasteiger partial charge in [0.05, 0.1) is 5.54 Å². The summed E-state index contributed by atoms with van der Waals surface area (Å²) < 4.78 is 1.90. The van der Waals surface area contributed by atoms with Crippen molar-refractivity contribution < 1.29 is 14.7 Å². The molecule has 1 aromatic rings. The predicted octanol–water partition coefficient (Wildman–Crippen LogP) is 2.74. The van der Waals surface area contributed by atoms with Crippen molar-refractivity contribution in [2.24, 2.45) is 5.92 Å². The van der Waals surface area contributed by atoms with Gasteiger partial charge in [-0.25, -0.2) is 4.79 Å². The summed E-state index contributed by atoms with van der Waals surface area (Å²) in [5.74, 6) is -0.771. The Morgan fingerprint density at radius 1 is 1.39 bits per heavy atom. The zero-order valence-corrected chi connectivity index (χ0v) is 14.6. The molecular formula is C17H27N3O3. The predicted molar refractivity (Wildman–Crippen MR) is 87.5 cm³/mol. The number of nitrogens with one attached hydrogen (secondary N) is 1. The molecule has 23 heavy (non-hydrogen) atoms. The van der Waals surface area contributed by atoms with Crippen LogP contribution in [-0.2, 0) is 10.3 Å². The van der Waals surface area contributed by atoms with E-state index in [0.717, 1.165) is 18.5 Å². The van der Waals surface area contributed by atoms with E-state index in [0.29, 0.717) is 18.0 Å². The Hall–Kier alpha value is -1.85. The van der Waals surface area contributed by atoms with Gasteiger partial charge in [0, 0.05) is 11.6 Å². The maximum atomic E-state index is 12.4. The van der Waals surface area contributed by atoms with Crippen LogP contribution in [0, 0.1) is 5.92 Å². The highest BCUT2D eigenvalue weighted by Gasteiger charge is 2.33. The highest BCUT2D eigenvalue weighted by molar-refractivity contribution is 5.95. The van der Waals surface area contributed by atoms with Gasteiger partial charge in [-0.05, 0) is 52.0 Å². The molecule has 2 N–H and O–H groups in total. The minimum Gasteiger partial charge on any atom is -0.480 e. The highest BCUT2D eigenvalue weighted by Crippen LogP contribution is 2.41. The second-order valence-electron chi connectivity index (χ2n) is 7.81. The lowest BCUT2D eigenvalue weighted by Gasteiger charge is -2.22. The normalized spacial score (nSPS) is 16.4. The molecule has 6 nitrogen and oxygen atoms in total. The largest absolute Gasteiger partial charge is 0.480 e. The van der Waals surface area contributed by atoms with Crippen LogP contribution in [0.5, 0.6) is 0 Å². The van der Waals surface area contributed by atoms with Gasteiger partial charge in [0.2, 0.25) is 0 Å². The van der Waals surface area contributed by atoms with Crippen LogP contribution < -0.4 is 5.32 Å². The van der Waals surface area contributed by atoms with Crippen LogP contribution in [0.1, 0.15) is 76.0 Å². The number of rotatable bonds is 6. The third-order valence-corrected chi connectivity index (χ3v) is 3.91. The smallest absolute Gasteiger partial charge is 0.326 e. The highest BCUT2D eigenvalue weighted by atomic mass is 16.4. The SMILES string of the molecule is CC(C)C[C@H](NC(=O)c1cc(C2CC2)n(C(C)(C)C)n1)C(=O)O. The van der Waals surface area contributed by atoms with Crippen molar-refractivity contribution in [2.45, 2.75) is 71.4 Å². The second kappa shape index (κ2) is 6.34.